The highest BCUT2D eigenvalue weighted by Gasteiger charge is 2.34. The van der Waals surface area contributed by atoms with Gasteiger partial charge in [-0.05, 0) is 64.2 Å². The molecule has 3 N–H and O–H groups in total. The maximum atomic E-state index is 13.1. The average molecular weight is 519 g/mol. The fourth-order valence-corrected chi connectivity index (χ4v) is 3.99. The first-order valence-electron chi connectivity index (χ1n) is 12.8. The van der Waals surface area contributed by atoms with Crippen LogP contribution >= 0.6 is 0 Å². The largest absolute Gasteiger partial charge is 0.497 e. The lowest BCUT2D eigenvalue weighted by Gasteiger charge is -2.35. The van der Waals surface area contributed by atoms with Crippen molar-refractivity contribution >= 4 is 23.8 Å². The molecule has 0 bridgehead atoms. The molecule has 1 aromatic carbocycles. The fraction of sp³-hybridized carbons (Fsp3) is 0.630. The number of likely N-dealkylation sites (tertiary alicyclic amines) is 1. The Morgan fingerprint density at radius 2 is 1.59 bits per heavy atom. The predicted octanol–water partition coefficient (Wildman–Crippen LogP) is 2.60. The Morgan fingerprint density at radius 1 is 1.00 bits per heavy atom. The molecule has 10 heteroatoms. The SMILES string of the molecule is COc1ccc(CNC(=O)[C@H](C)NC(=O)C2CCN(C(=O)[C@@H](NC(=O)OC(C)(C)C)C(C)C)CC2)cc1. The Morgan fingerprint density at radius 3 is 2.11 bits per heavy atom. The molecule has 37 heavy (non-hydrogen) atoms. The van der Waals surface area contributed by atoms with E-state index >= 15 is 0 Å². The van der Waals surface area contributed by atoms with E-state index in [2.05, 4.69) is 16.0 Å². The van der Waals surface area contributed by atoms with Crippen molar-refractivity contribution < 1.29 is 28.7 Å². The lowest BCUT2D eigenvalue weighted by atomic mass is 9.94. The van der Waals surface area contributed by atoms with E-state index in [1.54, 1.807) is 39.7 Å². The van der Waals surface area contributed by atoms with Crippen LogP contribution in [0.4, 0.5) is 4.79 Å². The molecule has 1 aromatic rings. The molecule has 0 radical (unpaired) electrons. The van der Waals surface area contributed by atoms with Crippen LogP contribution in [0.2, 0.25) is 0 Å². The molecule has 1 heterocycles. The molecule has 0 aromatic heterocycles. The second kappa shape index (κ2) is 13.3. The lowest BCUT2D eigenvalue weighted by Crippen LogP contribution is -2.54. The van der Waals surface area contributed by atoms with Crippen molar-refractivity contribution in [1.29, 1.82) is 0 Å². The molecule has 1 aliphatic rings. The highest BCUT2D eigenvalue weighted by atomic mass is 16.6. The summed E-state index contributed by atoms with van der Waals surface area (Å²) in [6.45, 7) is 11.8. The zero-order chi connectivity index (χ0) is 27.8. The summed E-state index contributed by atoms with van der Waals surface area (Å²) in [7, 11) is 1.59. The topological polar surface area (TPSA) is 126 Å². The van der Waals surface area contributed by atoms with Crippen LogP contribution in [-0.2, 0) is 25.7 Å². The fourth-order valence-electron chi connectivity index (χ4n) is 3.99. The number of hydrogen-bond donors (Lipinski definition) is 3. The highest BCUT2D eigenvalue weighted by molar-refractivity contribution is 5.89. The maximum absolute atomic E-state index is 13.1. The molecule has 4 amide bonds. The van der Waals surface area contributed by atoms with Crippen LogP contribution < -0.4 is 20.7 Å². The Kier molecular flexibility index (Phi) is 10.8. The van der Waals surface area contributed by atoms with E-state index in [-0.39, 0.29) is 29.6 Å². The molecule has 0 aliphatic carbocycles. The summed E-state index contributed by atoms with van der Waals surface area (Å²) in [4.78, 5) is 52.2. The molecule has 1 saturated heterocycles. The molecule has 1 aliphatic heterocycles. The number of alkyl carbamates (subject to hydrolysis) is 1. The molecule has 2 atom stereocenters. The third-order valence-corrected chi connectivity index (χ3v) is 6.16. The minimum atomic E-state index is -0.713. The van der Waals surface area contributed by atoms with E-state index in [0.29, 0.717) is 32.5 Å². The molecule has 10 nitrogen and oxygen atoms in total. The number of ether oxygens (including phenoxy) is 2. The first kappa shape index (κ1) is 29.9. The van der Waals surface area contributed by atoms with Crippen molar-refractivity contribution in [3.05, 3.63) is 29.8 Å². The summed E-state index contributed by atoms with van der Waals surface area (Å²) in [5.41, 5.74) is 0.259. The van der Waals surface area contributed by atoms with Gasteiger partial charge in [-0.15, -0.1) is 0 Å². The summed E-state index contributed by atoms with van der Waals surface area (Å²) < 4.78 is 10.4. The third kappa shape index (κ3) is 9.59. The van der Waals surface area contributed by atoms with Crippen LogP contribution in [0.3, 0.4) is 0 Å². The molecule has 206 valence electrons. The van der Waals surface area contributed by atoms with Crippen molar-refractivity contribution in [2.24, 2.45) is 11.8 Å². The molecule has 0 saturated carbocycles. The molecular formula is C27H42N4O6. The lowest BCUT2D eigenvalue weighted by molar-refractivity contribution is -0.138. The van der Waals surface area contributed by atoms with E-state index < -0.39 is 23.8 Å². The Bertz CT molecular complexity index is 933. The van der Waals surface area contributed by atoms with Gasteiger partial charge < -0.3 is 30.3 Å². The number of rotatable bonds is 9. The molecule has 2 rings (SSSR count). The molecule has 0 spiro atoms. The van der Waals surface area contributed by atoms with Gasteiger partial charge >= 0.3 is 6.09 Å². The minimum Gasteiger partial charge on any atom is -0.497 e. The van der Waals surface area contributed by atoms with Crippen molar-refractivity contribution in [3.8, 4) is 5.75 Å². The number of methoxy groups -OCH3 is 1. The van der Waals surface area contributed by atoms with Gasteiger partial charge in [0, 0.05) is 25.6 Å². The van der Waals surface area contributed by atoms with Crippen LogP contribution in [0.15, 0.2) is 24.3 Å². The Labute approximate surface area is 219 Å². The van der Waals surface area contributed by atoms with Gasteiger partial charge in [0.05, 0.1) is 7.11 Å². The van der Waals surface area contributed by atoms with E-state index in [4.69, 9.17) is 9.47 Å². The van der Waals surface area contributed by atoms with Crippen molar-refractivity contribution in [3.63, 3.8) is 0 Å². The van der Waals surface area contributed by atoms with E-state index in [1.807, 2.05) is 38.1 Å². The first-order valence-corrected chi connectivity index (χ1v) is 12.8. The average Bonchev–Trinajstić information content (AvgIpc) is 2.84. The number of piperidine rings is 1. The highest BCUT2D eigenvalue weighted by Crippen LogP contribution is 2.20. The summed E-state index contributed by atoms with van der Waals surface area (Å²) in [6.07, 6.45) is 0.331. The number of hydrogen-bond acceptors (Lipinski definition) is 6. The summed E-state index contributed by atoms with van der Waals surface area (Å²) in [5.74, 6) is -0.347. The number of benzene rings is 1. The van der Waals surface area contributed by atoms with Gasteiger partial charge in [-0.1, -0.05) is 26.0 Å². The van der Waals surface area contributed by atoms with Crippen LogP contribution in [-0.4, -0.2) is 66.6 Å². The number of nitrogens with zero attached hydrogens (tertiary/aromatic N) is 1. The Hall–Kier alpha value is -3.30. The monoisotopic (exact) mass is 518 g/mol. The van der Waals surface area contributed by atoms with E-state index in [9.17, 15) is 19.2 Å². The minimum absolute atomic E-state index is 0.127. The van der Waals surface area contributed by atoms with Crippen LogP contribution in [0.1, 0.15) is 59.9 Å². The van der Waals surface area contributed by atoms with E-state index in [1.165, 1.54) is 0 Å². The van der Waals surface area contributed by atoms with Gasteiger partial charge in [0.2, 0.25) is 17.7 Å². The van der Waals surface area contributed by atoms with E-state index in [0.717, 1.165) is 11.3 Å². The van der Waals surface area contributed by atoms with Crippen molar-refractivity contribution in [2.75, 3.05) is 20.2 Å². The number of amides is 4. The number of carbonyl (C=O) groups excluding carboxylic acids is 4. The van der Waals surface area contributed by atoms with Gasteiger partial charge in [-0.2, -0.15) is 0 Å². The molecule has 0 unspecified atom stereocenters. The first-order chi connectivity index (χ1) is 17.3. The van der Waals surface area contributed by atoms with Crippen LogP contribution in [0.25, 0.3) is 0 Å². The van der Waals surface area contributed by atoms with Crippen molar-refractivity contribution in [2.45, 2.75) is 78.6 Å². The smallest absolute Gasteiger partial charge is 0.408 e. The van der Waals surface area contributed by atoms with Gasteiger partial charge in [-0.3, -0.25) is 14.4 Å². The summed E-state index contributed by atoms with van der Waals surface area (Å²) >= 11 is 0. The second-order valence-electron chi connectivity index (χ2n) is 10.8. The number of carbonyl (C=O) groups is 4. The third-order valence-electron chi connectivity index (χ3n) is 6.16. The zero-order valence-corrected chi connectivity index (χ0v) is 23.1. The number of nitrogens with one attached hydrogen (secondary N) is 3. The standard InChI is InChI=1S/C27H42N4O6/c1-17(2)22(30-26(35)37-27(4,5)6)25(34)31-14-12-20(13-15-31)24(33)29-18(3)23(32)28-16-19-8-10-21(36-7)11-9-19/h8-11,17-18,20,22H,12-16H2,1-7H3,(H,28,32)(H,29,33)(H,30,35)/t18-,22-/m0/s1. The van der Waals surface area contributed by atoms with Gasteiger partial charge in [0.15, 0.2) is 0 Å². The van der Waals surface area contributed by atoms with Gasteiger partial charge in [-0.25, -0.2) is 4.79 Å². The summed E-state index contributed by atoms with van der Waals surface area (Å²) in [5, 5.41) is 8.31. The molecular weight excluding hydrogens is 476 g/mol. The quantitative estimate of drug-likeness (QED) is 0.461. The van der Waals surface area contributed by atoms with Crippen molar-refractivity contribution in [1.82, 2.24) is 20.9 Å². The second-order valence-corrected chi connectivity index (χ2v) is 10.8. The molecule has 1 fully saturated rings. The van der Waals surface area contributed by atoms with Gasteiger partial charge in [0.1, 0.15) is 23.4 Å². The maximum Gasteiger partial charge on any atom is 0.408 e. The van der Waals surface area contributed by atoms with Gasteiger partial charge in [0.25, 0.3) is 0 Å². The predicted molar refractivity (Wildman–Crippen MR) is 140 cm³/mol. The zero-order valence-electron chi connectivity index (χ0n) is 23.1. The van der Waals surface area contributed by atoms with Crippen LogP contribution in [0.5, 0.6) is 5.75 Å². The summed E-state index contributed by atoms with van der Waals surface area (Å²) in [6, 6.07) is 5.97. The Balaban J connectivity index is 1.81. The normalized spacial score (nSPS) is 15.9. The van der Waals surface area contributed by atoms with Crippen LogP contribution in [0, 0.1) is 11.8 Å².